The van der Waals surface area contributed by atoms with Gasteiger partial charge < -0.3 is 38.9 Å². The molecule has 8 bridgehead atoms. The van der Waals surface area contributed by atoms with Crippen molar-refractivity contribution < 1.29 is 28.8 Å². The van der Waals surface area contributed by atoms with Crippen molar-refractivity contribution in [1.29, 1.82) is 0 Å². The quantitative estimate of drug-likeness (QED) is 0.0294. The van der Waals surface area contributed by atoms with Gasteiger partial charge in [-0.05, 0) is 164 Å². The van der Waals surface area contributed by atoms with Gasteiger partial charge >= 0.3 is 5.97 Å². The van der Waals surface area contributed by atoms with Crippen molar-refractivity contribution in [1.82, 2.24) is 24.9 Å². The van der Waals surface area contributed by atoms with E-state index in [9.17, 15) is 9.90 Å². The van der Waals surface area contributed by atoms with Crippen molar-refractivity contribution >= 4 is 58.0 Å². The molecule has 6 heterocycles. The van der Waals surface area contributed by atoms with E-state index in [1.54, 1.807) is 24.5 Å². The molecule has 0 saturated carbocycles. The molecule has 2 aliphatic heterocycles. The Morgan fingerprint density at radius 2 is 0.837 bits per heavy atom. The predicted octanol–water partition coefficient (Wildman–Crippen LogP) is 19.4. The van der Waals surface area contributed by atoms with E-state index in [1.807, 2.05) is 55.6 Å². The van der Waals surface area contributed by atoms with Crippen LogP contribution in [0.15, 0.2) is 134 Å². The van der Waals surface area contributed by atoms with Crippen LogP contribution >= 0.6 is 0 Å². The maximum atomic E-state index is 11.5. The van der Waals surface area contributed by atoms with Gasteiger partial charge in [0.25, 0.3) is 0 Å². The number of nitrogens with one attached hydrogen (secondary N) is 2. The van der Waals surface area contributed by atoms with E-state index in [-0.39, 0.29) is 5.56 Å². The second-order valence-electron chi connectivity index (χ2n) is 23.7. The second-order valence-corrected chi connectivity index (χ2v) is 23.7. The molecule has 12 heteroatoms. The summed E-state index contributed by atoms with van der Waals surface area (Å²) in [6.45, 7) is 11.8. The highest BCUT2D eigenvalue weighted by atomic mass is 16.5. The number of aromatic carboxylic acids is 1. The predicted molar refractivity (Wildman–Crippen MR) is 376 cm³/mol. The lowest BCUT2D eigenvalue weighted by Gasteiger charge is -2.19. The summed E-state index contributed by atoms with van der Waals surface area (Å²) in [5, 5.41) is 9.47. The van der Waals surface area contributed by atoms with Gasteiger partial charge in [0.2, 0.25) is 0 Å². The van der Waals surface area contributed by atoms with Crippen molar-refractivity contribution in [3.63, 3.8) is 0 Å². The molecule has 4 aromatic carbocycles. The summed E-state index contributed by atoms with van der Waals surface area (Å²) in [4.78, 5) is 36.8. The maximum absolute atomic E-state index is 11.5. The first kappa shape index (κ1) is 65.2. The third-order valence-electron chi connectivity index (χ3n) is 16.4. The minimum absolute atomic E-state index is 0.261. The highest BCUT2D eigenvalue weighted by Crippen LogP contribution is 2.39. The molecule has 0 atom stereocenters. The Morgan fingerprint density at radius 3 is 1.24 bits per heavy atom. The lowest BCUT2D eigenvalue weighted by molar-refractivity contribution is 0.0696. The molecule has 0 radical (unpaired) electrons. The van der Waals surface area contributed by atoms with Gasteiger partial charge in [-0.25, -0.2) is 14.8 Å². The lowest BCUT2D eigenvalue weighted by Crippen LogP contribution is -2.16. The number of pyridine rings is 1. The molecule has 12 nitrogen and oxygen atoms in total. The van der Waals surface area contributed by atoms with Crippen LogP contribution in [0.4, 0.5) is 5.69 Å². The van der Waals surface area contributed by atoms with Gasteiger partial charge in [0.15, 0.2) is 0 Å². The normalized spacial score (nSPS) is 11.4. The molecule has 8 aromatic rings. The van der Waals surface area contributed by atoms with Crippen LogP contribution < -0.4 is 23.8 Å². The summed E-state index contributed by atoms with van der Waals surface area (Å²) in [6.07, 6.45) is 29.2. The van der Waals surface area contributed by atoms with Crippen molar-refractivity contribution in [3.8, 4) is 68.9 Å². The number of anilines is 1. The van der Waals surface area contributed by atoms with Crippen LogP contribution in [0.3, 0.4) is 0 Å². The molecule has 0 unspecified atom stereocenters. The SMILES string of the molecule is CCCCCCOc1cc(OCCCCCC)cc(-c2c3nc(c(C#Cc4ccc(N(C)Cc5ccc(C(=O)O)cc5)cc4)c4ccc([nH]4)c(-c4cc(OCCCCCC)cc(OCCCCCC)c4)c4nc(c(C#Cc5ccncc5)c5ccc2[nH]5)C=C4)C=C3)c1. The second kappa shape index (κ2) is 33.3. The number of fused-ring (bicyclic) bond motifs is 8. The first-order valence-corrected chi connectivity index (χ1v) is 33.2. The smallest absolute Gasteiger partial charge is 0.335 e. The standard InChI is InChI=1S/C80H86N6O6/c1-6-10-14-18-46-89-64-50-61(51-65(54-64)90-47-19-15-11-7-2)78-74-38-34-70(82-74)68(32-26-57-24-30-63(31-25-57)86(5)56-59-22-28-60(29-23-59)80(87)88)71-35-39-75(83-71)79(62-52-66(91-48-20-16-12-8-3)55-67(53-62)92-49-21-17-13-9-4)77-41-37-73(85-77)69(72-36-40-76(78)84-72)33-27-58-42-44-81-45-43-58/h22-25,28-31,34-45,50-55,82,85H,6-21,46-49,56H2,1-5H3,(H,87,88). The summed E-state index contributed by atoms with van der Waals surface area (Å²) in [5.74, 6) is 16.2. The molecule has 2 aliphatic rings. The highest BCUT2D eigenvalue weighted by molar-refractivity contribution is 5.96. The molecule has 4 aromatic heterocycles. The zero-order chi connectivity index (χ0) is 63.9. The van der Waals surface area contributed by atoms with Crippen LogP contribution in [0.5, 0.6) is 23.0 Å². The number of unbranched alkanes of at least 4 members (excludes halogenated alkanes) is 12. The van der Waals surface area contributed by atoms with Crippen molar-refractivity contribution in [2.24, 2.45) is 0 Å². The van der Waals surface area contributed by atoms with E-state index in [0.717, 1.165) is 204 Å². The summed E-state index contributed by atoms with van der Waals surface area (Å²) in [6, 6.07) is 39.8. The van der Waals surface area contributed by atoms with E-state index in [2.05, 4.69) is 156 Å². The number of aromatic amines is 2. The average molecular weight is 1230 g/mol. The minimum atomic E-state index is -0.944. The van der Waals surface area contributed by atoms with Crippen molar-refractivity contribution in [2.75, 3.05) is 38.4 Å². The number of carboxylic acids is 1. The molecule has 472 valence electrons. The number of carboxylic acid groups (broad SMARTS) is 1. The number of nitrogens with zero attached hydrogens (tertiary/aromatic N) is 4. The number of hydrogen-bond donors (Lipinski definition) is 3. The van der Waals surface area contributed by atoms with Crippen LogP contribution in [0.1, 0.15) is 191 Å². The van der Waals surface area contributed by atoms with E-state index in [4.69, 9.17) is 28.9 Å². The van der Waals surface area contributed by atoms with E-state index >= 15 is 0 Å². The number of rotatable bonds is 30. The molecular weight excluding hydrogens is 1140 g/mol. The van der Waals surface area contributed by atoms with E-state index < -0.39 is 5.97 Å². The summed E-state index contributed by atoms with van der Waals surface area (Å²) in [7, 11) is 2.02. The molecule has 0 saturated heterocycles. The van der Waals surface area contributed by atoms with E-state index in [1.165, 1.54) is 0 Å². The molecule has 92 heavy (non-hydrogen) atoms. The third kappa shape index (κ3) is 17.8. The zero-order valence-electron chi connectivity index (χ0n) is 54.1. The fraction of sp³-hybridized carbons (Fsp3) is 0.325. The molecule has 0 spiro atoms. The van der Waals surface area contributed by atoms with Crippen LogP contribution in [-0.2, 0) is 6.54 Å². The average Bonchev–Trinajstić information content (AvgIpc) is 1.63. The fourth-order valence-corrected chi connectivity index (χ4v) is 11.3. The molecule has 0 fully saturated rings. The van der Waals surface area contributed by atoms with Crippen LogP contribution in [0.25, 0.3) is 68.6 Å². The van der Waals surface area contributed by atoms with Crippen LogP contribution in [0.2, 0.25) is 0 Å². The topological polar surface area (TPSA) is 148 Å². The first-order valence-electron chi connectivity index (χ1n) is 33.2. The number of benzene rings is 4. The molecule has 0 amide bonds. The van der Waals surface area contributed by atoms with Crippen molar-refractivity contribution in [3.05, 3.63) is 190 Å². The molecule has 0 aliphatic carbocycles. The Morgan fingerprint density at radius 1 is 0.446 bits per heavy atom. The largest absolute Gasteiger partial charge is 0.493 e. The first-order chi connectivity index (χ1) is 45.2. The van der Waals surface area contributed by atoms with Crippen LogP contribution in [-0.4, -0.2) is 69.5 Å². The summed E-state index contributed by atoms with van der Waals surface area (Å²) < 4.78 is 26.4. The Bertz CT molecular complexity index is 4020. The Labute approximate surface area is 543 Å². The van der Waals surface area contributed by atoms with Gasteiger partial charge in [0.1, 0.15) is 23.0 Å². The zero-order valence-corrected chi connectivity index (χ0v) is 54.1. The summed E-state index contributed by atoms with van der Waals surface area (Å²) in [5.41, 5.74) is 14.8. The van der Waals surface area contributed by atoms with Gasteiger partial charge in [-0.3, -0.25) is 4.98 Å². The number of ether oxygens (including phenoxy) is 4. The fourth-order valence-electron chi connectivity index (χ4n) is 11.3. The number of aromatic nitrogens is 5. The van der Waals surface area contributed by atoms with Gasteiger partial charge in [-0.2, -0.15) is 0 Å². The maximum Gasteiger partial charge on any atom is 0.335 e. The molecule has 10 rings (SSSR count). The number of hydrogen-bond acceptors (Lipinski definition) is 9. The van der Waals surface area contributed by atoms with Gasteiger partial charge in [0.05, 0.1) is 76.9 Å². The van der Waals surface area contributed by atoms with Gasteiger partial charge in [-0.15, -0.1) is 0 Å². The minimum Gasteiger partial charge on any atom is -0.493 e. The highest BCUT2D eigenvalue weighted by Gasteiger charge is 2.20. The summed E-state index contributed by atoms with van der Waals surface area (Å²) >= 11 is 0. The number of H-pyrrole nitrogens is 2. The van der Waals surface area contributed by atoms with Gasteiger partial charge in [-0.1, -0.05) is 141 Å². The van der Waals surface area contributed by atoms with E-state index in [0.29, 0.717) is 55.5 Å². The van der Waals surface area contributed by atoms with Gasteiger partial charge in [0, 0.05) is 77.1 Å². The Balaban J connectivity index is 1.20. The molecular formula is C80H86N6O6. The lowest BCUT2D eigenvalue weighted by atomic mass is 10.0. The Hall–Kier alpha value is -9.78. The van der Waals surface area contributed by atoms with Crippen LogP contribution in [0, 0.1) is 23.7 Å². The Kier molecular flexibility index (Phi) is 23.6. The molecule has 3 N–H and O–H groups in total. The third-order valence-corrected chi connectivity index (χ3v) is 16.4. The number of carbonyl (C=O) groups is 1. The van der Waals surface area contributed by atoms with Crippen molar-refractivity contribution in [2.45, 2.75) is 137 Å². The monoisotopic (exact) mass is 1230 g/mol.